The predicted molar refractivity (Wildman–Crippen MR) is 106 cm³/mol. The van der Waals surface area contributed by atoms with Crippen LogP contribution in [0.1, 0.15) is 5.56 Å². The summed E-state index contributed by atoms with van der Waals surface area (Å²) in [6.45, 7) is 1.50. The fourth-order valence-electron chi connectivity index (χ4n) is 3.02. The standard InChI is InChI=1S/C18H14N6O4S/c25-24(26)15-8-11-16(21-17(22-18(11)29-15)12-3-4-20-23-12)19-9-10-1-2-13-14(7-10)28-6-5-27-13/h1-4,7-8H,5-6,9H2,(H,20,23)(H,19,21,22). The summed E-state index contributed by atoms with van der Waals surface area (Å²) in [6, 6.07) is 8.94. The van der Waals surface area contributed by atoms with E-state index in [2.05, 4.69) is 25.5 Å². The molecule has 146 valence electrons. The minimum absolute atomic E-state index is 0.0101. The van der Waals surface area contributed by atoms with E-state index in [4.69, 9.17) is 9.47 Å². The third-order valence-electron chi connectivity index (χ3n) is 4.36. The van der Waals surface area contributed by atoms with Gasteiger partial charge in [0.05, 0.1) is 10.3 Å². The van der Waals surface area contributed by atoms with Crippen LogP contribution >= 0.6 is 11.3 Å². The van der Waals surface area contributed by atoms with Crippen LogP contribution in [0.3, 0.4) is 0 Å². The molecule has 4 aromatic rings. The minimum Gasteiger partial charge on any atom is -0.486 e. The molecule has 0 radical (unpaired) electrons. The van der Waals surface area contributed by atoms with Crippen LogP contribution in [0.25, 0.3) is 21.7 Å². The SMILES string of the molecule is O=[N+]([O-])c1cc2c(NCc3ccc4c(c3)OCCO4)nc(-c3cc[nH]n3)nc2s1. The molecule has 1 aliphatic rings. The normalized spacial score (nSPS) is 12.8. The number of nitrogens with one attached hydrogen (secondary N) is 2. The van der Waals surface area contributed by atoms with Crippen molar-refractivity contribution in [1.82, 2.24) is 20.2 Å². The molecule has 10 nitrogen and oxygen atoms in total. The molecule has 0 saturated heterocycles. The summed E-state index contributed by atoms with van der Waals surface area (Å²) in [5.74, 6) is 2.32. The van der Waals surface area contributed by atoms with Crippen LogP contribution in [-0.4, -0.2) is 38.3 Å². The van der Waals surface area contributed by atoms with E-state index in [-0.39, 0.29) is 5.00 Å². The van der Waals surface area contributed by atoms with Crippen molar-refractivity contribution in [3.63, 3.8) is 0 Å². The molecule has 0 saturated carbocycles. The number of anilines is 1. The van der Waals surface area contributed by atoms with E-state index in [9.17, 15) is 10.1 Å². The fourth-order valence-corrected chi connectivity index (χ4v) is 3.86. The Morgan fingerprint density at radius 2 is 2.03 bits per heavy atom. The first-order chi connectivity index (χ1) is 14.2. The van der Waals surface area contributed by atoms with Crippen LogP contribution < -0.4 is 14.8 Å². The van der Waals surface area contributed by atoms with Gasteiger partial charge >= 0.3 is 5.00 Å². The lowest BCUT2D eigenvalue weighted by Crippen LogP contribution is -2.15. The van der Waals surface area contributed by atoms with Gasteiger partial charge in [0.2, 0.25) is 0 Å². The number of nitro groups is 1. The van der Waals surface area contributed by atoms with Crippen LogP contribution in [0.2, 0.25) is 0 Å². The average molecular weight is 410 g/mol. The molecule has 2 N–H and O–H groups in total. The maximum Gasteiger partial charge on any atom is 0.326 e. The van der Waals surface area contributed by atoms with Gasteiger partial charge in [0, 0.05) is 18.8 Å². The van der Waals surface area contributed by atoms with Crippen molar-refractivity contribution in [2.24, 2.45) is 0 Å². The van der Waals surface area contributed by atoms with E-state index >= 15 is 0 Å². The first kappa shape index (κ1) is 17.4. The second-order valence-corrected chi connectivity index (χ2v) is 7.26. The molecule has 0 unspecified atom stereocenters. The van der Waals surface area contributed by atoms with Gasteiger partial charge in [0.25, 0.3) is 0 Å². The zero-order valence-corrected chi connectivity index (χ0v) is 15.7. The molecule has 0 atom stereocenters. The lowest BCUT2D eigenvalue weighted by molar-refractivity contribution is -0.380. The Balaban J connectivity index is 1.50. The Labute approximate surface area is 167 Å². The molecular weight excluding hydrogens is 396 g/mol. The van der Waals surface area contributed by atoms with Crippen LogP contribution in [0.15, 0.2) is 36.5 Å². The van der Waals surface area contributed by atoms with Crippen molar-refractivity contribution in [2.75, 3.05) is 18.5 Å². The summed E-state index contributed by atoms with van der Waals surface area (Å²) < 4.78 is 11.2. The quantitative estimate of drug-likeness (QED) is 0.378. The lowest BCUT2D eigenvalue weighted by atomic mass is 10.2. The van der Waals surface area contributed by atoms with Crippen molar-refractivity contribution < 1.29 is 14.4 Å². The number of rotatable bonds is 5. The van der Waals surface area contributed by atoms with Crippen molar-refractivity contribution in [2.45, 2.75) is 6.54 Å². The topological polar surface area (TPSA) is 128 Å². The van der Waals surface area contributed by atoms with Crippen LogP contribution in [0.5, 0.6) is 11.5 Å². The van der Waals surface area contributed by atoms with Gasteiger partial charge in [-0.05, 0) is 35.1 Å². The molecule has 5 rings (SSSR count). The summed E-state index contributed by atoms with van der Waals surface area (Å²) in [4.78, 5) is 20.3. The number of hydrogen-bond donors (Lipinski definition) is 2. The first-order valence-electron chi connectivity index (χ1n) is 8.76. The third-order valence-corrected chi connectivity index (χ3v) is 5.34. The molecule has 1 aliphatic heterocycles. The van der Waals surface area contributed by atoms with Crippen LogP contribution in [0, 0.1) is 10.1 Å². The molecule has 4 heterocycles. The highest BCUT2D eigenvalue weighted by molar-refractivity contribution is 7.21. The molecule has 1 aromatic carbocycles. The van der Waals surface area contributed by atoms with E-state index in [0.29, 0.717) is 53.1 Å². The van der Waals surface area contributed by atoms with Crippen LogP contribution in [0.4, 0.5) is 10.8 Å². The maximum atomic E-state index is 11.2. The zero-order chi connectivity index (χ0) is 19.8. The largest absolute Gasteiger partial charge is 0.486 e. The van der Waals surface area contributed by atoms with Crippen LogP contribution in [-0.2, 0) is 6.54 Å². The second kappa shape index (κ2) is 7.02. The van der Waals surface area contributed by atoms with Gasteiger partial charge in [-0.3, -0.25) is 15.2 Å². The van der Waals surface area contributed by atoms with Gasteiger partial charge in [-0.1, -0.05) is 6.07 Å². The third kappa shape index (κ3) is 3.31. The first-order valence-corrected chi connectivity index (χ1v) is 9.57. The summed E-state index contributed by atoms with van der Waals surface area (Å²) >= 11 is 1.01. The van der Waals surface area contributed by atoms with Gasteiger partial charge in [-0.25, -0.2) is 9.97 Å². The smallest absolute Gasteiger partial charge is 0.326 e. The number of fused-ring (bicyclic) bond motifs is 2. The average Bonchev–Trinajstić information content (AvgIpc) is 3.41. The second-order valence-electron chi connectivity index (χ2n) is 6.25. The summed E-state index contributed by atoms with van der Waals surface area (Å²) in [7, 11) is 0. The number of hydrogen-bond acceptors (Lipinski definition) is 9. The Hall–Kier alpha value is -3.73. The molecule has 0 fully saturated rings. The van der Waals surface area contributed by atoms with E-state index < -0.39 is 4.92 Å². The van der Waals surface area contributed by atoms with Crippen molar-refractivity contribution in [3.05, 3.63) is 52.2 Å². The number of H-pyrrole nitrogens is 1. The number of aromatic nitrogens is 4. The molecule has 0 spiro atoms. The Morgan fingerprint density at radius 3 is 2.83 bits per heavy atom. The Bertz CT molecular complexity index is 1210. The Morgan fingerprint density at radius 1 is 1.17 bits per heavy atom. The van der Waals surface area contributed by atoms with Gasteiger partial charge in [0.1, 0.15) is 29.6 Å². The van der Waals surface area contributed by atoms with Gasteiger partial charge in [0.15, 0.2) is 17.3 Å². The van der Waals surface area contributed by atoms with E-state index in [1.807, 2.05) is 18.2 Å². The minimum atomic E-state index is -0.425. The monoisotopic (exact) mass is 410 g/mol. The van der Waals surface area contributed by atoms with Gasteiger partial charge < -0.3 is 14.8 Å². The number of benzene rings is 1. The lowest BCUT2D eigenvalue weighted by Gasteiger charge is -2.19. The van der Waals surface area contributed by atoms with Crippen molar-refractivity contribution >= 4 is 32.4 Å². The fraction of sp³-hybridized carbons (Fsp3) is 0.167. The maximum absolute atomic E-state index is 11.2. The Kier molecular flexibility index (Phi) is 4.21. The number of thiophene rings is 1. The highest BCUT2D eigenvalue weighted by Gasteiger charge is 2.19. The highest BCUT2D eigenvalue weighted by Crippen LogP contribution is 2.36. The number of aromatic amines is 1. The molecule has 0 bridgehead atoms. The zero-order valence-electron chi connectivity index (χ0n) is 14.9. The summed E-state index contributed by atoms with van der Waals surface area (Å²) in [5.41, 5.74) is 1.53. The summed E-state index contributed by atoms with van der Waals surface area (Å²) in [5, 5.41) is 21.9. The van der Waals surface area contributed by atoms with E-state index in [1.165, 1.54) is 6.07 Å². The van der Waals surface area contributed by atoms with Crippen molar-refractivity contribution in [3.8, 4) is 23.0 Å². The molecule has 11 heteroatoms. The number of nitrogens with zero attached hydrogens (tertiary/aromatic N) is 4. The predicted octanol–water partition coefficient (Wildman–Crippen LogP) is 3.37. The van der Waals surface area contributed by atoms with Crippen molar-refractivity contribution in [1.29, 1.82) is 0 Å². The molecular formula is C18H14N6O4S. The molecule has 29 heavy (non-hydrogen) atoms. The summed E-state index contributed by atoms with van der Waals surface area (Å²) in [6.07, 6.45) is 1.67. The van der Waals surface area contributed by atoms with Gasteiger partial charge in [-0.15, -0.1) is 0 Å². The molecule has 3 aromatic heterocycles. The molecule has 0 aliphatic carbocycles. The molecule has 0 amide bonds. The van der Waals surface area contributed by atoms with E-state index in [1.54, 1.807) is 12.3 Å². The van der Waals surface area contributed by atoms with Gasteiger partial charge in [-0.2, -0.15) is 5.10 Å². The highest BCUT2D eigenvalue weighted by atomic mass is 32.1. The number of ether oxygens (including phenoxy) is 2. The van der Waals surface area contributed by atoms with E-state index in [0.717, 1.165) is 22.6 Å².